The molecule has 0 aromatic heterocycles. The average molecular weight is 365 g/mol. The summed E-state index contributed by atoms with van der Waals surface area (Å²) in [6.07, 6.45) is 2.19. The zero-order valence-electron chi connectivity index (χ0n) is 12.3. The molecule has 2 aromatic carbocycles. The first-order chi connectivity index (χ1) is 10.0. The topological polar surface area (TPSA) is 12.0 Å². The smallest absolute Gasteiger partial charge is 0.0522 e. The molecular weight excluding hydrogens is 346 g/mol. The molecule has 0 bridgehead atoms. The van der Waals surface area contributed by atoms with Gasteiger partial charge in [-0.1, -0.05) is 43.6 Å². The Bertz CT molecular complexity index is 666. The number of rotatable bonds is 2. The largest absolute Gasteiger partial charge is 0.377 e. The average Bonchev–Trinajstić information content (AvgIpc) is 2.46. The van der Waals surface area contributed by atoms with Gasteiger partial charge in [0.15, 0.2) is 0 Å². The normalized spacial score (nSPS) is 17.5. The van der Waals surface area contributed by atoms with E-state index < -0.39 is 0 Å². The molecule has 1 unspecified atom stereocenters. The van der Waals surface area contributed by atoms with Gasteiger partial charge in [-0.2, -0.15) is 0 Å². The molecule has 2 aromatic rings. The summed E-state index contributed by atoms with van der Waals surface area (Å²) in [6.45, 7) is 4.47. The molecule has 3 rings (SSSR count). The zero-order valence-corrected chi connectivity index (χ0v) is 14.6. The summed E-state index contributed by atoms with van der Waals surface area (Å²) in [7, 11) is 0. The molecule has 1 N–H and O–H groups in total. The monoisotopic (exact) mass is 363 g/mol. The number of nitrogens with one attached hydrogen (secondary N) is 1. The first kappa shape index (κ1) is 14.9. The van der Waals surface area contributed by atoms with Gasteiger partial charge in [-0.15, -0.1) is 0 Å². The fourth-order valence-electron chi connectivity index (χ4n) is 2.90. The van der Waals surface area contributed by atoms with Crippen LogP contribution in [0.1, 0.15) is 48.9 Å². The van der Waals surface area contributed by atoms with E-state index in [0.717, 1.165) is 22.3 Å². The number of benzene rings is 2. The van der Waals surface area contributed by atoms with Crippen LogP contribution in [0.25, 0.3) is 0 Å². The van der Waals surface area contributed by atoms with Crippen molar-refractivity contribution in [1.29, 1.82) is 0 Å². The molecule has 0 radical (unpaired) electrons. The van der Waals surface area contributed by atoms with Crippen molar-refractivity contribution >= 4 is 33.2 Å². The molecule has 0 saturated carbocycles. The number of hydrogen-bond acceptors (Lipinski definition) is 1. The highest BCUT2D eigenvalue weighted by Gasteiger charge is 2.22. The van der Waals surface area contributed by atoms with Crippen LogP contribution >= 0.6 is 27.5 Å². The summed E-state index contributed by atoms with van der Waals surface area (Å²) in [5.74, 6) is 0.553. The van der Waals surface area contributed by atoms with E-state index in [-0.39, 0.29) is 0 Å². The van der Waals surface area contributed by atoms with Crippen LogP contribution in [0.3, 0.4) is 0 Å². The third kappa shape index (κ3) is 3.12. The lowest BCUT2D eigenvalue weighted by molar-refractivity contribution is 0.665. The molecule has 1 nitrogen and oxygen atoms in total. The van der Waals surface area contributed by atoms with Gasteiger partial charge in [0, 0.05) is 9.50 Å². The standard InChI is InChI=1S/C18H19BrClN/c1-11(2)14-8-13-6-7-17(21-18(13)16(19)10-14)12-4-3-5-15(20)9-12/h3-5,8-11,17,21H,6-7H2,1-2H3. The highest BCUT2D eigenvalue weighted by atomic mass is 79.9. The molecule has 0 spiro atoms. The van der Waals surface area contributed by atoms with Crippen LogP contribution in [-0.2, 0) is 6.42 Å². The minimum absolute atomic E-state index is 0.331. The predicted octanol–water partition coefficient (Wildman–Crippen LogP) is 6.33. The van der Waals surface area contributed by atoms with Crippen molar-refractivity contribution in [2.24, 2.45) is 0 Å². The van der Waals surface area contributed by atoms with E-state index in [2.05, 4.69) is 59.4 Å². The number of fused-ring (bicyclic) bond motifs is 1. The molecule has 1 atom stereocenters. The van der Waals surface area contributed by atoms with E-state index in [1.54, 1.807) is 0 Å². The maximum Gasteiger partial charge on any atom is 0.0522 e. The third-order valence-corrected chi connectivity index (χ3v) is 4.99. The molecule has 0 fully saturated rings. The van der Waals surface area contributed by atoms with E-state index in [1.807, 2.05) is 12.1 Å². The second-order valence-electron chi connectivity index (χ2n) is 5.98. The van der Waals surface area contributed by atoms with Crippen molar-refractivity contribution in [1.82, 2.24) is 0 Å². The Hall–Kier alpha value is -0.990. The number of hydrogen-bond donors (Lipinski definition) is 1. The minimum atomic E-state index is 0.331. The highest BCUT2D eigenvalue weighted by Crippen LogP contribution is 2.39. The molecular formula is C18H19BrClN. The van der Waals surface area contributed by atoms with Gasteiger partial charge >= 0.3 is 0 Å². The second-order valence-corrected chi connectivity index (χ2v) is 7.27. The highest BCUT2D eigenvalue weighted by molar-refractivity contribution is 9.10. The van der Waals surface area contributed by atoms with E-state index in [4.69, 9.17) is 11.6 Å². The summed E-state index contributed by atoms with van der Waals surface area (Å²) in [5.41, 5.74) is 5.29. The van der Waals surface area contributed by atoms with Gasteiger partial charge in [-0.25, -0.2) is 0 Å². The van der Waals surface area contributed by atoms with Gasteiger partial charge in [0.25, 0.3) is 0 Å². The van der Waals surface area contributed by atoms with E-state index in [9.17, 15) is 0 Å². The molecule has 110 valence electrons. The fourth-order valence-corrected chi connectivity index (χ4v) is 3.73. The summed E-state index contributed by atoms with van der Waals surface area (Å²) >= 11 is 9.84. The number of halogens is 2. The molecule has 1 aliphatic rings. The predicted molar refractivity (Wildman–Crippen MR) is 94.4 cm³/mol. The van der Waals surface area contributed by atoms with Crippen molar-refractivity contribution in [3.63, 3.8) is 0 Å². The van der Waals surface area contributed by atoms with Gasteiger partial charge in [0.05, 0.1) is 11.7 Å². The van der Waals surface area contributed by atoms with Gasteiger partial charge in [0.2, 0.25) is 0 Å². The van der Waals surface area contributed by atoms with Crippen molar-refractivity contribution < 1.29 is 0 Å². The molecule has 0 amide bonds. The lowest BCUT2D eigenvalue weighted by Gasteiger charge is -2.29. The van der Waals surface area contributed by atoms with Crippen LogP contribution < -0.4 is 5.32 Å². The quantitative estimate of drug-likeness (QED) is 0.657. The summed E-state index contributed by atoms with van der Waals surface area (Å²) in [4.78, 5) is 0. The first-order valence-corrected chi connectivity index (χ1v) is 8.56. The molecule has 0 aliphatic carbocycles. The Morgan fingerprint density at radius 1 is 1.24 bits per heavy atom. The van der Waals surface area contributed by atoms with Crippen molar-refractivity contribution in [2.45, 2.75) is 38.6 Å². The van der Waals surface area contributed by atoms with Crippen molar-refractivity contribution in [3.05, 3.63) is 62.6 Å². The van der Waals surface area contributed by atoms with Crippen molar-refractivity contribution in [3.8, 4) is 0 Å². The molecule has 1 aliphatic heterocycles. The van der Waals surface area contributed by atoms with Gasteiger partial charge in [0.1, 0.15) is 0 Å². The number of anilines is 1. The Morgan fingerprint density at radius 3 is 2.76 bits per heavy atom. The van der Waals surface area contributed by atoms with Crippen LogP contribution in [0.2, 0.25) is 5.02 Å². The van der Waals surface area contributed by atoms with Gasteiger partial charge in [-0.3, -0.25) is 0 Å². The maximum absolute atomic E-state index is 6.11. The molecule has 3 heteroatoms. The maximum atomic E-state index is 6.11. The molecule has 1 heterocycles. The third-order valence-electron chi connectivity index (χ3n) is 4.13. The second kappa shape index (κ2) is 6.02. The summed E-state index contributed by atoms with van der Waals surface area (Å²) in [5, 5.41) is 4.47. The lowest BCUT2D eigenvalue weighted by atomic mass is 9.90. The van der Waals surface area contributed by atoms with Crippen LogP contribution in [0, 0.1) is 0 Å². The SMILES string of the molecule is CC(C)c1cc(Br)c2c(c1)CCC(c1cccc(Cl)c1)N2. The van der Waals surface area contributed by atoms with Crippen molar-refractivity contribution in [2.75, 3.05) is 5.32 Å². The van der Waals surface area contributed by atoms with Gasteiger partial charge < -0.3 is 5.32 Å². The summed E-state index contributed by atoms with van der Waals surface area (Å²) in [6, 6.07) is 13.0. The molecule has 21 heavy (non-hydrogen) atoms. The van der Waals surface area contributed by atoms with Crippen LogP contribution in [0.4, 0.5) is 5.69 Å². The Balaban J connectivity index is 1.92. The van der Waals surface area contributed by atoms with Crippen LogP contribution in [0.5, 0.6) is 0 Å². The van der Waals surface area contributed by atoms with E-state index >= 15 is 0 Å². The van der Waals surface area contributed by atoms with Crippen LogP contribution in [-0.4, -0.2) is 0 Å². The first-order valence-electron chi connectivity index (χ1n) is 7.39. The van der Waals surface area contributed by atoms with Gasteiger partial charge in [-0.05, 0) is 69.6 Å². The summed E-state index contributed by atoms with van der Waals surface area (Å²) < 4.78 is 1.16. The lowest BCUT2D eigenvalue weighted by Crippen LogP contribution is -2.18. The minimum Gasteiger partial charge on any atom is -0.377 e. The Morgan fingerprint density at radius 2 is 2.05 bits per heavy atom. The van der Waals surface area contributed by atoms with Crippen LogP contribution in [0.15, 0.2) is 40.9 Å². The fraction of sp³-hybridized carbons (Fsp3) is 0.333. The Kier molecular flexibility index (Phi) is 4.28. The zero-order chi connectivity index (χ0) is 15.0. The number of aryl methyl sites for hydroxylation is 1. The van der Waals surface area contributed by atoms with E-state index in [1.165, 1.54) is 22.4 Å². The Labute approximate surface area is 139 Å². The molecule has 0 saturated heterocycles. The van der Waals surface area contributed by atoms with E-state index in [0.29, 0.717) is 12.0 Å².